The fourth-order valence-corrected chi connectivity index (χ4v) is 2.62. The van der Waals surface area contributed by atoms with E-state index in [0.29, 0.717) is 0 Å². The molecule has 0 saturated heterocycles. The van der Waals surface area contributed by atoms with Crippen molar-refractivity contribution in [3.63, 3.8) is 0 Å². The first-order chi connectivity index (χ1) is 4.81. The van der Waals surface area contributed by atoms with Gasteiger partial charge in [-0.3, -0.25) is 0 Å². The second kappa shape index (κ2) is 2.11. The maximum atomic E-state index is 2.40. The van der Waals surface area contributed by atoms with E-state index in [-0.39, 0.29) is 0 Å². The van der Waals surface area contributed by atoms with Gasteiger partial charge in [0, 0.05) is 0 Å². The van der Waals surface area contributed by atoms with Crippen molar-refractivity contribution in [2.24, 2.45) is 11.3 Å². The van der Waals surface area contributed by atoms with Gasteiger partial charge in [0.25, 0.3) is 0 Å². The quantitative estimate of drug-likeness (QED) is 0.449. The fraction of sp³-hybridized carbons (Fsp3) is 0.800. The van der Waals surface area contributed by atoms with Crippen LogP contribution in [0.15, 0.2) is 12.2 Å². The third-order valence-corrected chi connectivity index (χ3v) is 3.22. The third kappa shape index (κ3) is 0.902. The van der Waals surface area contributed by atoms with Crippen LogP contribution in [0.1, 0.15) is 39.0 Å². The number of allylic oxidation sites excluding steroid dienone is 2. The summed E-state index contributed by atoms with van der Waals surface area (Å²) in [5.74, 6) is 1.000. The molecule has 0 N–H and O–H groups in total. The zero-order valence-corrected chi connectivity index (χ0v) is 6.77. The van der Waals surface area contributed by atoms with Crippen LogP contribution < -0.4 is 0 Å². The Morgan fingerprint density at radius 1 is 1.30 bits per heavy atom. The predicted molar refractivity (Wildman–Crippen MR) is 43.8 cm³/mol. The first-order valence-corrected chi connectivity index (χ1v) is 4.46. The molecule has 0 heterocycles. The molecule has 1 spiro atoms. The molecule has 0 radical (unpaired) electrons. The van der Waals surface area contributed by atoms with E-state index in [0.717, 1.165) is 11.3 Å². The molecule has 2 rings (SSSR count). The molecule has 0 nitrogen and oxygen atoms in total. The predicted octanol–water partition coefficient (Wildman–Crippen LogP) is 3.14. The molecule has 2 aliphatic carbocycles. The number of hydrogen-bond acceptors (Lipinski definition) is 0. The monoisotopic (exact) mass is 136 g/mol. The molecule has 0 heteroatoms. The Balaban J connectivity index is 2.05. The summed E-state index contributed by atoms with van der Waals surface area (Å²) in [4.78, 5) is 0. The molecule has 0 aromatic carbocycles. The summed E-state index contributed by atoms with van der Waals surface area (Å²) in [6.07, 6.45) is 11.9. The molecule has 1 fully saturated rings. The topological polar surface area (TPSA) is 0 Å². The second-order valence-electron chi connectivity index (χ2n) is 4.23. The Bertz CT molecular complexity index is 147. The van der Waals surface area contributed by atoms with E-state index in [1.54, 1.807) is 0 Å². The van der Waals surface area contributed by atoms with Crippen molar-refractivity contribution >= 4 is 0 Å². The highest BCUT2D eigenvalue weighted by Gasteiger charge is 2.37. The zero-order chi connectivity index (χ0) is 7.03. The summed E-state index contributed by atoms with van der Waals surface area (Å²) in [6, 6.07) is 0. The Morgan fingerprint density at radius 3 is 2.50 bits per heavy atom. The van der Waals surface area contributed by atoms with Crippen molar-refractivity contribution in [1.29, 1.82) is 0 Å². The molecule has 1 unspecified atom stereocenters. The highest BCUT2D eigenvalue weighted by molar-refractivity contribution is 5.05. The molecule has 0 amide bonds. The van der Waals surface area contributed by atoms with E-state index in [2.05, 4.69) is 19.1 Å². The van der Waals surface area contributed by atoms with Crippen molar-refractivity contribution in [1.82, 2.24) is 0 Å². The molecular formula is C10H16. The molecular weight excluding hydrogens is 120 g/mol. The van der Waals surface area contributed by atoms with Crippen LogP contribution in [0.4, 0.5) is 0 Å². The summed E-state index contributed by atoms with van der Waals surface area (Å²) in [5.41, 5.74) is 0.749. The van der Waals surface area contributed by atoms with Gasteiger partial charge in [-0.25, -0.2) is 0 Å². The molecule has 10 heavy (non-hydrogen) atoms. The van der Waals surface area contributed by atoms with Crippen LogP contribution in [-0.2, 0) is 0 Å². The lowest BCUT2D eigenvalue weighted by molar-refractivity contribution is 0.311. The molecule has 0 aromatic heterocycles. The van der Waals surface area contributed by atoms with E-state index in [1.165, 1.54) is 32.1 Å². The van der Waals surface area contributed by atoms with Crippen LogP contribution >= 0.6 is 0 Å². The first-order valence-electron chi connectivity index (χ1n) is 4.46. The average Bonchev–Trinajstić information content (AvgIpc) is 2.46. The maximum absolute atomic E-state index is 2.40. The van der Waals surface area contributed by atoms with Crippen molar-refractivity contribution < 1.29 is 0 Å². The van der Waals surface area contributed by atoms with Gasteiger partial charge in [-0.05, 0) is 37.0 Å². The summed E-state index contributed by atoms with van der Waals surface area (Å²) >= 11 is 0. The maximum Gasteiger partial charge on any atom is -0.0226 e. The highest BCUT2D eigenvalue weighted by Crippen LogP contribution is 2.49. The van der Waals surface area contributed by atoms with Crippen LogP contribution in [0.25, 0.3) is 0 Å². The Morgan fingerprint density at radius 2 is 2.00 bits per heavy atom. The smallest absolute Gasteiger partial charge is 0.0226 e. The van der Waals surface area contributed by atoms with Gasteiger partial charge in [0.05, 0.1) is 0 Å². The summed E-state index contributed by atoms with van der Waals surface area (Å²) in [7, 11) is 0. The third-order valence-electron chi connectivity index (χ3n) is 3.22. The Hall–Kier alpha value is -0.260. The summed E-state index contributed by atoms with van der Waals surface area (Å²) in [6.45, 7) is 2.40. The summed E-state index contributed by atoms with van der Waals surface area (Å²) < 4.78 is 0. The molecule has 2 aliphatic rings. The first kappa shape index (κ1) is 6.45. The standard InChI is InChI=1S/C10H16/c1-9-4-7-10(8-9)5-2-3-6-10/h2-3,9H,4-8H2,1H3. The van der Waals surface area contributed by atoms with E-state index in [9.17, 15) is 0 Å². The van der Waals surface area contributed by atoms with Crippen LogP contribution in [0.3, 0.4) is 0 Å². The average molecular weight is 136 g/mol. The fourth-order valence-electron chi connectivity index (χ4n) is 2.62. The van der Waals surface area contributed by atoms with Crippen molar-refractivity contribution in [3.05, 3.63) is 12.2 Å². The summed E-state index contributed by atoms with van der Waals surface area (Å²) in [5, 5.41) is 0. The van der Waals surface area contributed by atoms with E-state index < -0.39 is 0 Å². The largest absolute Gasteiger partial charge is 0.0880 e. The van der Waals surface area contributed by atoms with Crippen LogP contribution in [-0.4, -0.2) is 0 Å². The Labute approximate surface area is 63.3 Å². The van der Waals surface area contributed by atoms with Gasteiger partial charge in [-0.1, -0.05) is 25.5 Å². The van der Waals surface area contributed by atoms with Crippen molar-refractivity contribution in [2.75, 3.05) is 0 Å². The number of rotatable bonds is 0. The van der Waals surface area contributed by atoms with Gasteiger partial charge in [-0.15, -0.1) is 0 Å². The molecule has 0 aliphatic heterocycles. The minimum absolute atomic E-state index is 0.749. The van der Waals surface area contributed by atoms with Crippen LogP contribution in [0.5, 0.6) is 0 Å². The van der Waals surface area contributed by atoms with Gasteiger partial charge in [0.15, 0.2) is 0 Å². The molecule has 0 bridgehead atoms. The molecule has 1 atom stereocenters. The van der Waals surface area contributed by atoms with Crippen LogP contribution in [0, 0.1) is 11.3 Å². The SMILES string of the molecule is CC1CCC2(CC=CC2)C1. The number of hydrogen-bond donors (Lipinski definition) is 0. The lowest BCUT2D eigenvalue weighted by Gasteiger charge is -2.21. The minimum atomic E-state index is 0.749. The van der Waals surface area contributed by atoms with Crippen molar-refractivity contribution in [3.8, 4) is 0 Å². The second-order valence-corrected chi connectivity index (χ2v) is 4.23. The molecule has 0 aromatic rings. The normalized spacial score (nSPS) is 35.9. The van der Waals surface area contributed by atoms with Gasteiger partial charge >= 0.3 is 0 Å². The van der Waals surface area contributed by atoms with Crippen molar-refractivity contribution in [2.45, 2.75) is 39.0 Å². The van der Waals surface area contributed by atoms with E-state index in [1.807, 2.05) is 0 Å². The highest BCUT2D eigenvalue weighted by atomic mass is 14.4. The van der Waals surface area contributed by atoms with Gasteiger partial charge in [-0.2, -0.15) is 0 Å². The van der Waals surface area contributed by atoms with E-state index >= 15 is 0 Å². The van der Waals surface area contributed by atoms with Crippen LogP contribution in [0.2, 0.25) is 0 Å². The van der Waals surface area contributed by atoms with E-state index in [4.69, 9.17) is 0 Å². The van der Waals surface area contributed by atoms with Gasteiger partial charge < -0.3 is 0 Å². The lowest BCUT2D eigenvalue weighted by atomic mass is 9.83. The Kier molecular flexibility index (Phi) is 1.36. The van der Waals surface area contributed by atoms with Gasteiger partial charge in [0.1, 0.15) is 0 Å². The molecule has 1 saturated carbocycles. The molecule has 56 valence electrons. The van der Waals surface area contributed by atoms with Gasteiger partial charge in [0.2, 0.25) is 0 Å². The zero-order valence-electron chi connectivity index (χ0n) is 6.77. The minimum Gasteiger partial charge on any atom is -0.0880 e. The lowest BCUT2D eigenvalue weighted by Crippen LogP contribution is -2.10.